The number of anilines is 2. The van der Waals surface area contributed by atoms with Crippen LogP contribution in [0.4, 0.5) is 24.5 Å². The number of nitrogens with one attached hydrogen (secondary N) is 1. The summed E-state index contributed by atoms with van der Waals surface area (Å²) >= 11 is 0. The molecule has 0 aromatic heterocycles. The molecule has 1 aliphatic rings. The topological polar surface area (TPSA) is 47.3 Å². The monoisotopic (exact) mass is 288 g/mol. The minimum absolute atomic E-state index is 0.190. The van der Waals surface area contributed by atoms with Crippen LogP contribution < -0.4 is 15.8 Å². The normalized spacial score (nSPS) is 16.9. The lowest BCUT2D eigenvalue weighted by Crippen LogP contribution is -2.36. The fraction of sp³-hybridized carbons (Fsp3) is 0.571. The highest BCUT2D eigenvalue weighted by Crippen LogP contribution is 2.44. The van der Waals surface area contributed by atoms with Gasteiger partial charge in [0.25, 0.3) is 0 Å². The van der Waals surface area contributed by atoms with Crippen LogP contribution in [0.5, 0.6) is 5.75 Å². The Morgan fingerprint density at radius 1 is 1.40 bits per heavy atom. The summed E-state index contributed by atoms with van der Waals surface area (Å²) in [7, 11) is 0. The van der Waals surface area contributed by atoms with Gasteiger partial charge in [-0.3, -0.25) is 0 Å². The molecule has 1 aromatic rings. The number of ether oxygens (including phenoxy) is 1. The molecule has 1 fully saturated rings. The van der Waals surface area contributed by atoms with Crippen LogP contribution in [0.2, 0.25) is 0 Å². The third-order valence-corrected chi connectivity index (χ3v) is 4.14. The average Bonchev–Trinajstić information content (AvgIpc) is 2.33. The largest absolute Gasteiger partial charge is 0.432 e. The van der Waals surface area contributed by atoms with Crippen LogP contribution in [0.1, 0.15) is 32.6 Å². The van der Waals surface area contributed by atoms with E-state index in [1.807, 2.05) is 0 Å². The van der Waals surface area contributed by atoms with Gasteiger partial charge >= 0.3 is 6.61 Å². The SMILES string of the molecule is CCC1(CNc2cc(OC(F)F)c(F)cc2N)CCC1. The lowest BCUT2D eigenvalue weighted by molar-refractivity contribution is -0.0521. The zero-order valence-electron chi connectivity index (χ0n) is 11.4. The Labute approximate surface area is 116 Å². The molecule has 0 saturated heterocycles. The first-order valence-electron chi connectivity index (χ1n) is 6.73. The smallest absolute Gasteiger partial charge is 0.387 e. The first-order chi connectivity index (χ1) is 9.46. The minimum Gasteiger partial charge on any atom is -0.432 e. The molecule has 1 aliphatic carbocycles. The van der Waals surface area contributed by atoms with Crippen LogP contribution in [0.25, 0.3) is 0 Å². The van der Waals surface area contributed by atoms with Crippen LogP contribution in [0.3, 0.4) is 0 Å². The lowest BCUT2D eigenvalue weighted by Gasteiger charge is -2.41. The van der Waals surface area contributed by atoms with E-state index in [1.54, 1.807) is 0 Å². The molecule has 1 saturated carbocycles. The lowest BCUT2D eigenvalue weighted by atomic mass is 9.67. The number of rotatable bonds is 6. The summed E-state index contributed by atoms with van der Waals surface area (Å²) in [4.78, 5) is 0. The summed E-state index contributed by atoms with van der Waals surface area (Å²) in [6.07, 6.45) is 4.52. The van der Waals surface area contributed by atoms with Gasteiger partial charge in [-0.15, -0.1) is 0 Å². The van der Waals surface area contributed by atoms with E-state index in [4.69, 9.17) is 5.73 Å². The van der Waals surface area contributed by atoms with Gasteiger partial charge in [0.15, 0.2) is 11.6 Å². The van der Waals surface area contributed by atoms with Gasteiger partial charge < -0.3 is 15.8 Å². The Balaban J connectivity index is 2.10. The number of nitrogens with two attached hydrogens (primary N) is 1. The summed E-state index contributed by atoms with van der Waals surface area (Å²) in [5.74, 6) is -1.38. The average molecular weight is 288 g/mol. The Morgan fingerprint density at radius 3 is 2.60 bits per heavy atom. The maximum Gasteiger partial charge on any atom is 0.387 e. The van der Waals surface area contributed by atoms with E-state index in [0.29, 0.717) is 12.2 Å². The maximum atomic E-state index is 13.4. The van der Waals surface area contributed by atoms with E-state index in [1.165, 1.54) is 12.5 Å². The molecule has 1 aromatic carbocycles. The summed E-state index contributed by atoms with van der Waals surface area (Å²) < 4.78 is 41.9. The van der Waals surface area contributed by atoms with Crippen molar-refractivity contribution >= 4 is 11.4 Å². The second-order valence-electron chi connectivity index (χ2n) is 5.31. The van der Waals surface area contributed by atoms with Gasteiger partial charge in [0.05, 0.1) is 11.4 Å². The van der Waals surface area contributed by atoms with Crippen LogP contribution >= 0.6 is 0 Å². The molecule has 0 heterocycles. The predicted octanol–water partition coefficient (Wildman–Crippen LogP) is 4.00. The first kappa shape index (κ1) is 14.8. The van der Waals surface area contributed by atoms with Gasteiger partial charge in [-0.05, 0) is 24.7 Å². The first-order valence-corrected chi connectivity index (χ1v) is 6.73. The van der Waals surface area contributed by atoms with Crippen LogP contribution in [-0.2, 0) is 0 Å². The molecule has 3 nitrogen and oxygen atoms in total. The minimum atomic E-state index is -3.06. The highest BCUT2D eigenvalue weighted by molar-refractivity contribution is 5.68. The molecule has 0 unspecified atom stereocenters. The fourth-order valence-corrected chi connectivity index (χ4v) is 2.52. The molecule has 112 valence electrons. The van der Waals surface area contributed by atoms with Crippen LogP contribution in [0, 0.1) is 11.2 Å². The van der Waals surface area contributed by atoms with Gasteiger partial charge in [0, 0.05) is 18.7 Å². The Hall–Kier alpha value is -1.59. The van der Waals surface area contributed by atoms with E-state index in [-0.39, 0.29) is 11.1 Å². The highest BCUT2D eigenvalue weighted by Gasteiger charge is 2.34. The molecule has 0 bridgehead atoms. The van der Waals surface area contributed by atoms with Crippen molar-refractivity contribution in [2.45, 2.75) is 39.2 Å². The van der Waals surface area contributed by atoms with Crippen molar-refractivity contribution in [3.05, 3.63) is 17.9 Å². The van der Waals surface area contributed by atoms with Gasteiger partial charge in [0.1, 0.15) is 0 Å². The quantitative estimate of drug-likeness (QED) is 0.778. The molecular formula is C14H19F3N2O. The van der Waals surface area contributed by atoms with Gasteiger partial charge in [-0.1, -0.05) is 13.3 Å². The molecule has 0 amide bonds. The molecule has 0 atom stereocenters. The summed E-state index contributed by atoms with van der Waals surface area (Å²) in [5.41, 5.74) is 6.57. The highest BCUT2D eigenvalue weighted by atomic mass is 19.3. The zero-order valence-corrected chi connectivity index (χ0v) is 11.4. The van der Waals surface area contributed by atoms with Crippen LogP contribution in [-0.4, -0.2) is 13.2 Å². The summed E-state index contributed by atoms with van der Waals surface area (Å²) in [5, 5.41) is 3.13. The van der Waals surface area contributed by atoms with E-state index in [9.17, 15) is 13.2 Å². The number of halogens is 3. The van der Waals surface area contributed by atoms with Gasteiger partial charge in [-0.2, -0.15) is 8.78 Å². The van der Waals surface area contributed by atoms with E-state index >= 15 is 0 Å². The van der Waals surface area contributed by atoms with E-state index < -0.39 is 18.2 Å². The zero-order chi connectivity index (χ0) is 14.8. The summed E-state index contributed by atoms with van der Waals surface area (Å²) in [6, 6.07) is 2.19. The Kier molecular flexibility index (Phi) is 4.30. The fourth-order valence-electron chi connectivity index (χ4n) is 2.52. The van der Waals surface area contributed by atoms with Crippen molar-refractivity contribution in [1.82, 2.24) is 0 Å². The third-order valence-electron chi connectivity index (χ3n) is 4.14. The van der Waals surface area contributed by atoms with Crippen molar-refractivity contribution in [3.63, 3.8) is 0 Å². The predicted molar refractivity (Wildman–Crippen MR) is 72.5 cm³/mol. The maximum absolute atomic E-state index is 13.4. The van der Waals surface area contributed by atoms with E-state index in [0.717, 1.165) is 25.3 Å². The molecule has 6 heteroatoms. The van der Waals surface area contributed by atoms with Crippen molar-refractivity contribution < 1.29 is 17.9 Å². The van der Waals surface area contributed by atoms with Gasteiger partial charge in [0.2, 0.25) is 0 Å². The number of nitrogen functional groups attached to an aromatic ring is 1. The van der Waals surface area contributed by atoms with Crippen molar-refractivity contribution in [3.8, 4) is 5.75 Å². The molecule has 20 heavy (non-hydrogen) atoms. The molecular weight excluding hydrogens is 269 g/mol. The number of hydrogen-bond donors (Lipinski definition) is 2. The molecule has 0 spiro atoms. The Bertz CT molecular complexity index is 470. The Morgan fingerprint density at radius 2 is 2.10 bits per heavy atom. The summed E-state index contributed by atoms with van der Waals surface area (Å²) in [6.45, 7) is -0.234. The number of benzene rings is 1. The van der Waals surface area contributed by atoms with Crippen molar-refractivity contribution in [1.29, 1.82) is 0 Å². The second kappa shape index (κ2) is 5.81. The molecule has 2 rings (SSSR count). The molecule has 0 radical (unpaired) electrons. The van der Waals surface area contributed by atoms with Crippen LogP contribution in [0.15, 0.2) is 12.1 Å². The van der Waals surface area contributed by atoms with E-state index in [2.05, 4.69) is 17.0 Å². The third kappa shape index (κ3) is 3.11. The number of hydrogen-bond acceptors (Lipinski definition) is 3. The molecule has 0 aliphatic heterocycles. The second-order valence-corrected chi connectivity index (χ2v) is 5.31. The standard InChI is InChI=1S/C14H19F3N2O/c1-2-14(4-3-5-14)8-19-11-7-12(20-13(16)17)9(15)6-10(11)18/h6-7,13,19H,2-5,8,18H2,1H3. The number of alkyl halides is 2. The van der Waals surface area contributed by atoms with Crippen molar-refractivity contribution in [2.75, 3.05) is 17.6 Å². The van der Waals surface area contributed by atoms with Gasteiger partial charge in [-0.25, -0.2) is 4.39 Å². The van der Waals surface area contributed by atoms with Crippen molar-refractivity contribution in [2.24, 2.45) is 5.41 Å². The molecule has 3 N–H and O–H groups in total.